The maximum atomic E-state index is 12.5. The van der Waals surface area contributed by atoms with Crippen LogP contribution in [0.5, 0.6) is 0 Å². The fraction of sp³-hybridized carbons (Fsp3) is 0.400. The second-order valence-corrected chi connectivity index (χ2v) is 6.65. The molecular weight excluding hydrogens is 322 g/mol. The number of nitrogens with zero attached hydrogens (tertiary/aromatic N) is 1. The second-order valence-electron chi connectivity index (χ2n) is 4.98. The normalized spacial score (nSPS) is 18.3. The van der Waals surface area contributed by atoms with Crippen LogP contribution in [0.15, 0.2) is 21.5 Å². The third-order valence-electron chi connectivity index (χ3n) is 3.27. The predicted octanol–water partition coefficient (Wildman–Crippen LogP) is 2.10. The van der Waals surface area contributed by atoms with Gasteiger partial charge in [-0.2, -0.15) is 0 Å². The first-order valence-corrected chi connectivity index (χ1v) is 8.21. The molecule has 1 aliphatic heterocycles. The first-order chi connectivity index (χ1) is 10.4. The Morgan fingerprint density at radius 1 is 1.55 bits per heavy atom. The van der Waals surface area contributed by atoms with Crippen molar-refractivity contribution in [2.24, 2.45) is 0 Å². The minimum Gasteiger partial charge on any atom is -0.548 e. The molecule has 118 valence electrons. The van der Waals surface area contributed by atoms with E-state index in [1.165, 1.54) is 0 Å². The fourth-order valence-electron chi connectivity index (χ4n) is 2.16. The third kappa shape index (κ3) is 3.59. The van der Waals surface area contributed by atoms with E-state index < -0.39 is 17.9 Å². The molecule has 7 heteroatoms. The molecule has 0 saturated carbocycles. The van der Waals surface area contributed by atoms with E-state index in [2.05, 4.69) is 0 Å². The SMILES string of the molecule is CCCC[C@@H](C(=O)[O-])N1C(=O)/C(=C\c2ccc(C)o2)SC1=S. The minimum atomic E-state index is -1.28. The van der Waals surface area contributed by atoms with Crippen LogP contribution in [0.25, 0.3) is 6.08 Å². The Morgan fingerprint density at radius 2 is 2.27 bits per heavy atom. The molecule has 0 spiro atoms. The Labute approximate surface area is 138 Å². The van der Waals surface area contributed by atoms with E-state index in [9.17, 15) is 14.7 Å². The number of carbonyl (C=O) groups is 2. The highest BCUT2D eigenvalue weighted by atomic mass is 32.2. The summed E-state index contributed by atoms with van der Waals surface area (Å²) in [6.45, 7) is 3.76. The lowest BCUT2D eigenvalue weighted by Gasteiger charge is -2.27. The summed E-state index contributed by atoms with van der Waals surface area (Å²) < 4.78 is 5.65. The molecule has 1 aromatic heterocycles. The molecule has 2 heterocycles. The van der Waals surface area contributed by atoms with Gasteiger partial charge in [-0.1, -0.05) is 43.7 Å². The molecule has 2 rings (SSSR count). The zero-order chi connectivity index (χ0) is 16.3. The first-order valence-electron chi connectivity index (χ1n) is 6.98. The van der Waals surface area contributed by atoms with Gasteiger partial charge in [0.05, 0.1) is 16.9 Å². The van der Waals surface area contributed by atoms with Gasteiger partial charge in [-0.3, -0.25) is 9.69 Å². The van der Waals surface area contributed by atoms with Gasteiger partial charge in [0.25, 0.3) is 5.91 Å². The number of aryl methyl sites for hydroxylation is 1. The van der Waals surface area contributed by atoms with E-state index in [1.807, 2.05) is 6.92 Å². The van der Waals surface area contributed by atoms with Crippen LogP contribution in [0.2, 0.25) is 0 Å². The number of furan rings is 1. The van der Waals surface area contributed by atoms with Crippen LogP contribution in [-0.4, -0.2) is 27.1 Å². The number of aliphatic carboxylic acids is 1. The van der Waals surface area contributed by atoms with E-state index >= 15 is 0 Å². The van der Waals surface area contributed by atoms with Crippen LogP contribution in [0, 0.1) is 6.92 Å². The van der Waals surface area contributed by atoms with Crippen LogP contribution in [0.1, 0.15) is 37.7 Å². The lowest BCUT2D eigenvalue weighted by molar-refractivity contribution is -0.310. The van der Waals surface area contributed by atoms with E-state index in [0.717, 1.165) is 28.8 Å². The van der Waals surface area contributed by atoms with Crippen molar-refractivity contribution in [1.29, 1.82) is 0 Å². The fourth-order valence-corrected chi connectivity index (χ4v) is 3.50. The van der Waals surface area contributed by atoms with Crippen molar-refractivity contribution >= 4 is 46.3 Å². The minimum absolute atomic E-state index is 0.241. The van der Waals surface area contributed by atoms with Gasteiger partial charge in [0.1, 0.15) is 15.8 Å². The summed E-state index contributed by atoms with van der Waals surface area (Å²) in [5.74, 6) is -0.414. The smallest absolute Gasteiger partial charge is 0.266 e. The molecule has 1 aromatic rings. The molecule has 1 atom stereocenters. The van der Waals surface area contributed by atoms with E-state index in [0.29, 0.717) is 23.5 Å². The van der Waals surface area contributed by atoms with Crippen LogP contribution in [0.4, 0.5) is 0 Å². The largest absolute Gasteiger partial charge is 0.548 e. The van der Waals surface area contributed by atoms with E-state index in [-0.39, 0.29) is 4.32 Å². The lowest BCUT2D eigenvalue weighted by Crippen LogP contribution is -2.49. The summed E-state index contributed by atoms with van der Waals surface area (Å²) in [6.07, 6.45) is 3.43. The van der Waals surface area contributed by atoms with E-state index in [4.69, 9.17) is 16.6 Å². The summed E-state index contributed by atoms with van der Waals surface area (Å²) in [4.78, 5) is 25.3. The molecule has 5 nitrogen and oxygen atoms in total. The standard InChI is InChI=1S/C15H17NO4S2/c1-3-4-5-11(14(18)19)16-13(17)12(22-15(16)21)8-10-7-6-9(2)20-10/h6-8,11H,3-5H2,1-2H3,(H,18,19)/p-1/b12-8+/t11-/m0/s1. The highest BCUT2D eigenvalue weighted by Crippen LogP contribution is 2.35. The second kappa shape index (κ2) is 7.11. The molecule has 0 radical (unpaired) electrons. The van der Waals surface area contributed by atoms with Crippen molar-refractivity contribution in [1.82, 2.24) is 4.90 Å². The molecule has 1 saturated heterocycles. The molecule has 1 aliphatic rings. The average Bonchev–Trinajstić information content (AvgIpc) is 2.97. The number of rotatable bonds is 6. The summed E-state index contributed by atoms with van der Waals surface area (Å²) >= 11 is 6.25. The summed E-state index contributed by atoms with van der Waals surface area (Å²) in [5.41, 5.74) is 0. The Balaban J connectivity index is 2.23. The van der Waals surface area contributed by atoms with Gasteiger partial charge in [-0.25, -0.2) is 0 Å². The van der Waals surface area contributed by atoms with Gasteiger partial charge in [0.15, 0.2) is 0 Å². The van der Waals surface area contributed by atoms with Gasteiger partial charge < -0.3 is 14.3 Å². The highest BCUT2D eigenvalue weighted by molar-refractivity contribution is 8.26. The number of carbonyl (C=O) groups excluding carboxylic acids is 2. The zero-order valence-corrected chi connectivity index (χ0v) is 14.0. The number of carboxylic acids is 1. The number of hydrogen-bond acceptors (Lipinski definition) is 6. The molecule has 22 heavy (non-hydrogen) atoms. The molecular formula is C15H16NO4S2-. The lowest BCUT2D eigenvalue weighted by atomic mass is 10.1. The average molecular weight is 338 g/mol. The highest BCUT2D eigenvalue weighted by Gasteiger charge is 2.37. The van der Waals surface area contributed by atoms with E-state index in [1.54, 1.807) is 25.1 Å². The number of amides is 1. The predicted molar refractivity (Wildman–Crippen MR) is 86.8 cm³/mol. The topological polar surface area (TPSA) is 73.6 Å². The molecule has 0 aliphatic carbocycles. The summed E-state index contributed by atoms with van der Waals surface area (Å²) in [7, 11) is 0. The summed E-state index contributed by atoms with van der Waals surface area (Å²) in [6, 6.07) is 2.52. The van der Waals surface area contributed by atoms with Crippen molar-refractivity contribution in [3.63, 3.8) is 0 Å². The maximum Gasteiger partial charge on any atom is 0.266 e. The zero-order valence-electron chi connectivity index (χ0n) is 12.3. The molecule has 0 aromatic carbocycles. The van der Waals surface area contributed by atoms with Crippen molar-refractivity contribution < 1.29 is 19.1 Å². The number of thioether (sulfide) groups is 1. The number of carboxylic acid groups (broad SMARTS) is 1. The van der Waals surface area contributed by atoms with Crippen molar-refractivity contribution in [2.75, 3.05) is 0 Å². The van der Waals surface area contributed by atoms with Crippen LogP contribution < -0.4 is 5.11 Å². The van der Waals surface area contributed by atoms with Crippen molar-refractivity contribution in [2.45, 2.75) is 39.2 Å². The van der Waals surface area contributed by atoms with Gasteiger partial charge in [-0.15, -0.1) is 0 Å². The first kappa shape index (κ1) is 16.8. The monoisotopic (exact) mass is 338 g/mol. The molecule has 0 unspecified atom stereocenters. The maximum absolute atomic E-state index is 12.5. The van der Waals surface area contributed by atoms with Gasteiger partial charge in [0.2, 0.25) is 0 Å². The van der Waals surface area contributed by atoms with Crippen molar-refractivity contribution in [3.05, 3.63) is 28.6 Å². The third-order valence-corrected chi connectivity index (χ3v) is 4.60. The van der Waals surface area contributed by atoms with Gasteiger partial charge in [-0.05, 0) is 25.5 Å². The number of thiocarbonyl (C=S) groups is 1. The van der Waals surface area contributed by atoms with Crippen LogP contribution in [-0.2, 0) is 9.59 Å². The van der Waals surface area contributed by atoms with Crippen LogP contribution in [0.3, 0.4) is 0 Å². The molecule has 0 bridgehead atoms. The van der Waals surface area contributed by atoms with Gasteiger partial charge in [0, 0.05) is 6.08 Å². The molecule has 0 N–H and O–H groups in total. The Bertz CT molecular complexity index is 635. The Morgan fingerprint density at radius 3 is 2.82 bits per heavy atom. The Kier molecular flexibility index (Phi) is 5.42. The summed E-state index contributed by atoms with van der Waals surface area (Å²) in [5, 5.41) is 11.3. The number of unbranched alkanes of at least 4 members (excludes halogenated alkanes) is 1. The number of hydrogen-bond donors (Lipinski definition) is 0. The van der Waals surface area contributed by atoms with Gasteiger partial charge >= 0.3 is 0 Å². The van der Waals surface area contributed by atoms with Crippen molar-refractivity contribution in [3.8, 4) is 0 Å². The van der Waals surface area contributed by atoms with Crippen LogP contribution >= 0.6 is 24.0 Å². The molecule has 1 amide bonds. The molecule has 1 fully saturated rings. The Hall–Kier alpha value is -1.60. The quantitative estimate of drug-likeness (QED) is 0.584.